The highest BCUT2D eigenvalue weighted by molar-refractivity contribution is 5.99. The zero-order valence-electron chi connectivity index (χ0n) is 11.2. The Morgan fingerprint density at radius 2 is 2.00 bits per heavy atom. The molecule has 1 rings (SSSR count). The molecule has 0 aliphatic rings. The molecule has 0 saturated heterocycles. The van der Waals surface area contributed by atoms with Gasteiger partial charge in [0.2, 0.25) is 0 Å². The van der Waals surface area contributed by atoms with Crippen LogP contribution in [0.4, 0.5) is 5.69 Å². The van der Waals surface area contributed by atoms with Crippen LogP contribution in [0.2, 0.25) is 0 Å². The Hall–Kier alpha value is -1.55. The van der Waals surface area contributed by atoms with Gasteiger partial charge in [-0.15, -0.1) is 0 Å². The number of benzene rings is 1. The number of carbonyl (C=O) groups is 1. The third kappa shape index (κ3) is 4.04. The largest absolute Gasteiger partial charge is 0.394 e. The lowest BCUT2D eigenvalue weighted by atomic mass is 10.1. The Morgan fingerprint density at radius 1 is 1.33 bits per heavy atom. The lowest BCUT2D eigenvalue weighted by Crippen LogP contribution is -2.37. The van der Waals surface area contributed by atoms with Crippen LogP contribution in [0.1, 0.15) is 37.6 Å². The van der Waals surface area contributed by atoms with Crippen molar-refractivity contribution < 1.29 is 9.90 Å². The van der Waals surface area contributed by atoms with E-state index in [1.54, 1.807) is 6.07 Å². The van der Waals surface area contributed by atoms with Gasteiger partial charge in [0.15, 0.2) is 0 Å². The minimum absolute atomic E-state index is 0.0397. The van der Waals surface area contributed by atoms with Crippen molar-refractivity contribution in [2.45, 2.75) is 39.3 Å². The van der Waals surface area contributed by atoms with Gasteiger partial charge in [0, 0.05) is 11.7 Å². The molecule has 3 N–H and O–H groups in total. The summed E-state index contributed by atoms with van der Waals surface area (Å²) in [6.07, 6.45) is 0.710. The number of para-hydroxylation sites is 1. The van der Waals surface area contributed by atoms with Gasteiger partial charge in [-0.1, -0.05) is 19.1 Å². The van der Waals surface area contributed by atoms with Crippen LogP contribution in [0.3, 0.4) is 0 Å². The molecule has 0 saturated carbocycles. The van der Waals surface area contributed by atoms with Gasteiger partial charge in [0.25, 0.3) is 5.91 Å². The maximum atomic E-state index is 12.1. The number of amides is 1. The Kier molecular flexibility index (Phi) is 5.65. The van der Waals surface area contributed by atoms with Gasteiger partial charge in [-0.3, -0.25) is 4.79 Å². The summed E-state index contributed by atoms with van der Waals surface area (Å²) in [6, 6.07) is 7.47. The lowest BCUT2D eigenvalue weighted by Gasteiger charge is -2.17. The molecule has 4 nitrogen and oxygen atoms in total. The smallest absolute Gasteiger partial charge is 0.253 e. The summed E-state index contributed by atoms with van der Waals surface area (Å²) < 4.78 is 0. The molecule has 0 aliphatic heterocycles. The van der Waals surface area contributed by atoms with Crippen LogP contribution in [-0.2, 0) is 0 Å². The van der Waals surface area contributed by atoms with E-state index >= 15 is 0 Å². The average molecular weight is 250 g/mol. The maximum absolute atomic E-state index is 12.1. The van der Waals surface area contributed by atoms with Gasteiger partial charge in [0.05, 0.1) is 18.2 Å². The highest BCUT2D eigenvalue weighted by Crippen LogP contribution is 2.16. The van der Waals surface area contributed by atoms with E-state index in [1.165, 1.54) is 0 Å². The summed E-state index contributed by atoms with van der Waals surface area (Å²) in [6.45, 7) is 5.94. The number of hydrogen-bond donors (Lipinski definition) is 3. The van der Waals surface area contributed by atoms with Crippen molar-refractivity contribution >= 4 is 11.6 Å². The first-order chi connectivity index (χ1) is 8.58. The molecule has 0 radical (unpaired) electrons. The Morgan fingerprint density at radius 3 is 2.56 bits per heavy atom. The molecule has 1 unspecified atom stereocenters. The normalized spacial score (nSPS) is 12.3. The van der Waals surface area contributed by atoms with E-state index in [-0.39, 0.29) is 24.6 Å². The SMILES string of the molecule is CCC(CO)NC(=O)c1ccccc1NC(C)C. The van der Waals surface area contributed by atoms with Crippen molar-refractivity contribution in [3.8, 4) is 0 Å². The van der Waals surface area contributed by atoms with E-state index < -0.39 is 0 Å². The van der Waals surface area contributed by atoms with Crippen molar-refractivity contribution in [1.82, 2.24) is 5.32 Å². The fourth-order valence-corrected chi connectivity index (χ4v) is 1.66. The van der Waals surface area contributed by atoms with Crippen molar-refractivity contribution in [1.29, 1.82) is 0 Å². The number of aliphatic hydroxyl groups excluding tert-OH is 1. The zero-order chi connectivity index (χ0) is 13.5. The topological polar surface area (TPSA) is 61.4 Å². The Bertz CT molecular complexity index is 387. The van der Waals surface area contributed by atoms with Gasteiger partial charge in [-0.05, 0) is 32.4 Å². The molecule has 0 aromatic heterocycles. The molecule has 0 heterocycles. The van der Waals surface area contributed by atoms with Gasteiger partial charge in [-0.25, -0.2) is 0 Å². The second kappa shape index (κ2) is 7.01. The van der Waals surface area contributed by atoms with Gasteiger partial charge >= 0.3 is 0 Å². The standard InChI is InChI=1S/C14H22N2O2/c1-4-11(9-17)16-14(18)12-7-5-6-8-13(12)15-10(2)3/h5-8,10-11,15,17H,4,9H2,1-3H3,(H,16,18). The summed E-state index contributed by atoms with van der Waals surface area (Å²) in [5, 5.41) is 15.2. The minimum Gasteiger partial charge on any atom is -0.394 e. The van der Waals surface area contributed by atoms with E-state index in [1.807, 2.05) is 39.0 Å². The Balaban J connectivity index is 2.84. The predicted molar refractivity (Wildman–Crippen MR) is 73.8 cm³/mol. The molecular weight excluding hydrogens is 228 g/mol. The van der Waals surface area contributed by atoms with Crippen LogP contribution < -0.4 is 10.6 Å². The average Bonchev–Trinajstić information content (AvgIpc) is 2.35. The predicted octanol–water partition coefficient (Wildman–Crippen LogP) is 2.01. The van der Waals surface area contributed by atoms with Gasteiger partial charge in [0.1, 0.15) is 0 Å². The molecule has 0 spiro atoms. The van der Waals surface area contributed by atoms with E-state index in [2.05, 4.69) is 10.6 Å². The van der Waals surface area contributed by atoms with E-state index in [0.717, 1.165) is 5.69 Å². The number of aliphatic hydroxyl groups is 1. The van der Waals surface area contributed by atoms with Crippen LogP contribution in [-0.4, -0.2) is 29.7 Å². The van der Waals surface area contributed by atoms with Crippen molar-refractivity contribution in [2.75, 3.05) is 11.9 Å². The van der Waals surface area contributed by atoms with E-state index in [0.29, 0.717) is 12.0 Å². The molecule has 100 valence electrons. The number of carbonyl (C=O) groups excluding carboxylic acids is 1. The quantitative estimate of drug-likeness (QED) is 0.723. The molecule has 1 atom stereocenters. The van der Waals surface area contributed by atoms with Crippen LogP contribution >= 0.6 is 0 Å². The molecule has 4 heteroatoms. The van der Waals surface area contributed by atoms with Gasteiger partial charge < -0.3 is 15.7 Å². The number of anilines is 1. The summed E-state index contributed by atoms with van der Waals surface area (Å²) in [7, 11) is 0. The summed E-state index contributed by atoms with van der Waals surface area (Å²) >= 11 is 0. The third-order valence-electron chi connectivity index (χ3n) is 2.66. The Labute approximate surface area is 108 Å². The number of hydrogen-bond acceptors (Lipinski definition) is 3. The second-order valence-corrected chi connectivity index (χ2v) is 4.61. The van der Waals surface area contributed by atoms with Crippen LogP contribution in [0.15, 0.2) is 24.3 Å². The highest BCUT2D eigenvalue weighted by atomic mass is 16.3. The van der Waals surface area contributed by atoms with Crippen LogP contribution in [0, 0.1) is 0 Å². The van der Waals surface area contributed by atoms with Crippen molar-refractivity contribution in [3.63, 3.8) is 0 Å². The van der Waals surface area contributed by atoms with E-state index in [9.17, 15) is 4.79 Å². The highest BCUT2D eigenvalue weighted by Gasteiger charge is 2.14. The molecule has 0 bridgehead atoms. The molecule has 1 aromatic rings. The molecule has 1 aromatic carbocycles. The molecule has 18 heavy (non-hydrogen) atoms. The first kappa shape index (κ1) is 14.5. The minimum atomic E-state index is -0.190. The van der Waals surface area contributed by atoms with Crippen molar-refractivity contribution in [3.05, 3.63) is 29.8 Å². The first-order valence-corrected chi connectivity index (χ1v) is 6.35. The zero-order valence-corrected chi connectivity index (χ0v) is 11.2. The molecule has 0 fully saturated rings. The monoisotopic (exact) mass is 250 g/mol. The second-order valence-electron chi connectivity index (χ2n) is 4.61. The number of rotatable bonds is 6. The molecule has 0 aliphatic carbocycles. The summed E-state index contributed by atoms with van der Waals surface area (Å²) in [4.78, 5) is 12.1. The van der Waals surface area contributed by atoms with Gasteiger partial charge in [-0.2, -0.15) is 0 Å². The molecular formula is C14H22N2O2. The van der Waals surface area contributed by atoms with Crippen LogP contribution in [0.25, 0.3) is 0 Å². The fourth-order valence-electron chi connectivity index (χ4n) is 1.66. The summed E-state index contributed by atoms with van der Waals surface area (Å²) in [5.74, 6) is -0.153. The first-order valence-electron chi connectivity index (χ1n) is 6.35. The van der Waals surface area contributed by atoms with Crippen molar-refractivity contribution in [2.24, 2.45) is 0 Å². The number of nitrogens with one attached hydrogen (secondary N) is 2. The molecule has 1 amide bonds. The fraction of sp³-hybridized carbons (Fsp3) is 0.500. The lowest BCUT2D eigenvalue weighted by molar-refractivity contribution is 0.0915. The van der Waals surface area contributed by atoms with Crippen LogP contribution in [0.5, 0.6) is 0 Å². The van der Waals surface area contributed by atoms with E-state index in [4.69, 9.17) is 5.11 Å². The third-order valence-corrected chi connectivity index (χ3v) is 2.66. The maximum Gasteiger partial charge on any atom is 0.253 e. The summed E-state index contributed by atoms with van der Waals surface area (Å²) in [5.41, 5.74) is 1.43.